The molecule has 1 unspecified atom stereocenters. The van der Waals surface area contributed by atoms with E-state index >= 15 is 0 Å². The number of primary amides is 1. The number of benzene rings is 2. The van der Waals surface area contributed by atoms with Crippen LogP contribution in [0.25, 0.3) is 0 Å². The Hall–Kier alpha value is -3.22. The van der Waals surface area contributed by atoms with Crippen LogP contribution in [0.2, 0.25) is 0 Å². The van der Waals surface area contributed by atoms with Crippen molar-refractivity contribution in [1.82, 2.24) is 5.32 Å². The van der Waals surface area contributed by atoms with Crippen LogP contribution in [0.1, 0.15) is 46.5 Å². The van der Waals surface area contributed by atoms with Gasteiger partial charge >= 0.3 is 0 Å². The third kappa shape index (κ3) is 5.39. The van der Waals surface area contributed by atoms with E-state index in [1.807, 2.05) is 32.9 Å². The maximum atomic E-state index is 13.6. The molecule has 0 aromatic heterocycles. The number of rotatable bonds is 7. The summed E-state index contributed by atoms with van der Waals surface area (Å²) in [6, 6.07) is 9.84. The van der Waals surface area contributed by atoms with Gasteiger partial charge in [0.1, 0.15) is 11.9 Å². The monoisotopic (exact) mass is 385 g/mol. The Kier molecular flexibility index (Phi) is 6.87. The third-order valence-electron chi connectivity index (χ3n) is 4.22. The summed E-state index contributed by atoms with van der Waals surface area (Å²) in [4.78, 5) is 36.6. The minimum Gasteiger partial charge on any atom is -0.366 e. The first kappa shape index (κ1) is 21.1. The smallest absolute Gasteiger partial charge is 0.252 e. The molecule has 0 fully saturated rings. The second-order valence-electron chi connectivity index (χ2n) is 7.02. The summed E-state index contributed by atoms with van der Waals surface area (Å²) in [7, 11) is 0. The van der Waals surface area contributed by atoms with Gasteiger partial charge in [0.15, 0.2) is 0 Å². The molecule has 0 bridgehead atoms. The Morgan fingerprint density at radius 2 is 1.75 bits per heavy atom. The molecule has 6 nitrogen and oxygen atoms in total. The minimum absolute atomic E-state index is 0.141. The predicted octanol–water partition coefficient (Wildman–Crippen LogP) is 3.02. The highest BCUT2D eigenvalue weighted by molar-refractivity contribution is 6.02. The molecule has 0 saturated heterocycles. The van der Waals surface area contributed by atoms with Gasteiger partial charge in [-0.25, -0.2) is 4.39 Å². The number of carbonyl (C=O) groups is 3. The van der Waals surface area contributed by atoms with Crippen molar-refractivity contribution in [3.63, 3.8) is 0 Å². The first-order valence-electron chi connectivity index (χ1n) is 8.95. The number of nitrogens with one attached hydrogen (secondary N) is 2. The zero-order chi connectivity index (χ0) is 20.8. The van der Waals surface area contributed by atoms with Crippen molar-refractivity contribution in [2.75, 3.05) is 5.32 Å². The van der Waals surface area contributed by atoms with Gasteiger partial charge in [-0.1, -0.05) is 32.0 Å². The second-order valence-corrected chi connectivity index (χ2v) is 7.02. The zero-order valence-electron chi connectivity index (χ0n) is 16.1. The molecule has 0 radical (unpaired) electrons. The summed E-state index contributed by atoms with van der Waals surface area (Å²) in [5.74, 6) is -2.37. The highest BCUT2D eigenvalue weighted by Crippen LogP contribution is 2.16. The van der Waals surface area contributed by atoms with Gasteiger partial charge < -0.3 is 16.4 Å². The molecule has 0 saturated carbocycles. The number of nitrogens with two attached hydrogens (primary N) is 1. The molecule has 148 valence electrons. The van der Waals surface area contributed by atoms with Crippen molar-refractivity contribution >= 4 is 23.4 Å². The normalized spacial score (nSPS) is 11.8. The Morgan fingerprint density at radius 3 is 2.36 bits per heavy atom. The molecule has 0 spiro atoms. The van der Waals surface area contributed by atoms with Crippen LogP contribution in [0.4, 0.5) is 10.1 Å². The molecule has 2 aromatic carbocycles. The van der Waals surface area contributed by atoms with Gasteiger partial charge in [0, 0.05) is 11.3 Å². The summed E-state index contributed by atoms with van der Waals surface area (Å²) >= 11 is 0. The fraction of sp³-hybridized carbons (Fsp3) is 0.286. The quantitative estimate of drug-likeness (QED) is 0.683. The van der Waals surface area contributed by atoms with Crippen molar-refractivity contribution in [2.45, 2.75) is 33.2 Å². The van der Waals surface area contributed by atoms with Gasteiger partial charge in [0.2, 0.25) is 5.91 Å². The van der Waals surface area contributed by atoms with Gasteiger partial charge in [-0.2, -0.15) is 0 Å². The number of halogens is 1. The van der Waals surface area contributed by atoms with Gasteiger partial charge in [-0.05, 0) is 49.1 Å². The highest BCUT2D eigenvalue weighted by Gasteiger charge is 2.23. The highest BCUT2D eigenvalue weighted by atomic mass is 19.1. The third-order valence-corrected chi connectivity index (χ3v) is 4.22. The van der Waals surface area contributed by atoms with Crippen LogP contribution < -0.4 is 16.4 Å². The van der Waals surface area contributed by atoms with Crippen LogP contribution in [-0.4, -0.2) is 23.8 Å². The molecule has 28 heavy (non-hydrogen) atoms. The van der Waals surface area contributed by atoms with E-state index in [0.717, 1.165) is 11.6 Å². The van der Waals surface area contributed by atoms with Crippen LogP contribution in [0.3, 0.4) is 0 Å². The molecule has 3 amide bonds. The lowest BCUT2D eigenvalue weighted by molar-refractivity contribution is -0.118. The van der Waals surface area contributed by atoms with Gasteiger partial charge in [-0.3, -0.25) is 14.4 Å². The average molecular weight is 385 g/mol. The standard InChI is InChI=1S/C21H24FN3O3/c1-12(2)10-18(25-20(27)15-7-5-4-6-13(15)3)21(28)24-14-8-9-17(22)16(11-14)19(23)26/h4-9,11-12,18H,10H2,1-3H3,(H2,23,26)(H,24,28)(H,25,27). The molecule has 0 heterocycles. The average Bonchev–Trinajstić information content (AvgIpc) is 2.62. The molecule has 0 aliphatic heterocycles. The molecule has 1 atom stereocenters. The van der Waals surface area contributed by atoms with E-state index in [0.29, 0.717) is 12.0 Å². The molecule has 7 heteroatoms. The molecular weight excluding hydrogens is 361 g/mol. The number of anilines is 1. The molecule has 0 aliphatic carbocycles. The van der Waals surface area contributed by atoms with Crippen LogP contribution in [0.15, 0.2) is 42.5 Å². The molecule has 2 rings (SSSR count). The summed E-state index contributed by atoms with van der Waals surface area (Å²) in [6.07, 6.45) is 0.410. The Morgan fingerprint density at radius 1 is 1.07 bits per heavy atom. The largest absolute Gasteiger partial charge is 0.366 e. The summed E-state index contributed by atoms with van der Waals surface area (Å²) in [5, 5.41) is 5.37. The lowest BCUT2D eigenvalue weighted by atomic mass is 10.0. The Balaban J connectivity index is 2.19. The van der Waals surface area contributed by atoms with Crippen LogP contribution in [0, 0.1) is 18.7 Å². The molecule has 4 N–H and O–H groups in total. The lowest BCUT2D eigenvalue weighted by Crippen LogP contribution is -2.44. The van der Waals surface area contributed by atoms with E-state index in [-0.39, 0.29) is 23.1 Å². The first-order valence-corrected chi connectivity index (χ1v) is 8.95. The number of amides is 3. The molecule has 2 aromatic rings. The van der Waals surface area contributed by atoms with E-state index in [4.69, 9.17) is 5.73 Å². The van der Waals surface area contributed by atoms with E-state index in [2.05, 4.69) is 10.6 Å². The fourth-order valence-corrected chi connectivity index (χ4v) is 2.79. The number of hydrogen-bond acceptors (Lipinski definition) is 3. The number of carbonyl (C=O) groups excluding carboxylic acids is 3. The van der Waals surface area contributed by atoms with Crippen molar-refractivity contribution in [2.24, 2.45) is 11.7 Å². The first-order chi connectivity index (χ1) is 13.2. The lowest BCUT2D eigenvalue weighted by Gasteiger charge is -2.21. The van der Waals surface area contributed by atoms with Gasteiger partial charge in [-0.15, -0.1) is 0 Å². The van der Waals surface area contributed by atoms with Crippen molar-refractivity contribution in [3.05, 3.63) is 65.0 Å². The predicted molar refractivity (Wildman–Crippen MR) is 105 cm³/mol. The van der Waals surface area contributed by atoms with E-state index in [9.17, 15) is 18.8 Å². The summed E-state index contributed by atoms with van der Waals surface area (Å²) < 4.78 is 13.6. The summed E-state index contributed by atoms with van der Waals surface area (Å²) in [5.41, 5.74) is 6.33. The summed E-state index contributed by atoms with van der Waals surface area (Å²) in [6.45, 7) is 5.68. The second kappa shape index (κ2) is 9.12. The Bertz CT molecular complexity index is 896. The topological polar surface area (TPSA) is 101 Å². The van der Waals surface area contributed by atoms with E-state index in [1.165, 1.54) is 12.1 Å². The number of aryl methyl sites for hydroxylation is 1. The Labute approximate surface area is 163 Å². The van der Waals surface area contributed by atoms with Crippen LogP contribution >= 0.6 is 0 Å². The minimum atomic E-state index is -0.930. The van der Waals surface area contributed by atoms with Crippen molar-refractivity contribution < 1.29 is 18.8 Å². The van der Waals surface area contributed by atoms with Crippen LogP contribution in [0.5, 0.6) is 0 Å². The van der Waals surface area contributed by atoms with Gasteiger partial charge in [0.05, 0.1) is 5.56 Å². The SMILES string of the molecule is Cc1ccccc1C(=O)NC(CC(C)C)C(=O)Nc1ccc(F)c(C(N)=O)c1. The fourth-order valence-electron chi connectivity index (χ4n) is 2.79. The van der Waals surface area contributed by atoms with E-state index in [1.54, 1.807) is 12.1 Å². The van der Waals surface area contributed by atoms with Crippen LogP contribution in [-0.2, 0) is 4.79 Å². The van der Waals surface area contributed by atoms with Crippen molar-refractivity contribution in [1.29, 1.82) is 0 Å². The zero-order valence-corrected chi connectivity index (χ0v) is 16.1. The van der Waals surface area contributed by atoms with E-state index < -0.39 is 23.7 Å². The number of hydrogen-bond donors (Lipinski definition) is 3. The van der Waals surface area contributed by atoms with Gasteiger partial charge in [0.25, 0.3) is 11.8 Å². The molecular formula is C21H24FN3O3. The maximum Gasteiger partial charge on any atom is 0.252 e. The molecule has 0 aliphatic rings. The maximum absolute atomic E-state index is 13.6. The van der Waals surface area contributed by atoms with Crippen molar-refractivity contribution in [3.8, 4) is 0 Å².